The summed E-state index contributed by atoms with van der Waals surface area (Å²) < 4.78 is 2.58. The average Bonchev–Trinajstić information content (AvgIpc) is 0.734. The van der Waals surface area contributed by atoms with Crippen LogP contribution in [0.2, 0.25) is 0 Å². The van der Waals surface area contributed by atoms with E-state index in [1.807, 2.05) is 0 Å². The van der Waals surface area contributed by atoms with Gasteiger partial charge in [-0.05, 0) is 217 Å². The maximum atomic E-state index is 2.72. The minimum absolute atomic E-state index is 0.000464. The SMILES string of the molecule is CC(C)(C)c1ccc(-c2cc(C(C)(C)C)ccc2N2c3ccc(C4c5ccccc5Cc5ccccc54)cc3B3c4ccc(-n5c6ccc(C(C)(C)C)cc6c6cc(C(C)(C)C)ccc65)cc4N(c4ccc(C(C)(C)C)cc4-c4ccc(C(C)(C)C)cc4)c4cc(C(C)(C)C)cc2c43)cc1. The molecular weight excluding hydrogens is 1210 g/mol. The quantitative estimate of drug-likeness (QED) is 0.154. The second-order valence-electron chi connectivity index (χ2n) is 36.8. The predicted octanol–water partition coefficient (Wildman–Crippen LogP) is 24.4. The Bertz CT molecular complexity index is 5140. The number of nitrogens with zero attached hydrogens (tertiary/aromatic N) is 3. The minimum Gasteiger partial charge on any atom is -0.311 e. The van der Waals surface area contributed by atoms with Crippen molar-refractivity contribution in [3.05, 3.63) is 285 Å². The molecule has 0 atom stereocenters. The molecule has 3 heterocycles. The smallest absolute Gasteiger partial charge is 0.252 e. The van der Waals surface area contributed by atoms with E-state index in [0.717, 1.165) is 17.8 Å². The number of benzene rings is 11. The van der Waals surface area contributed by atoms with Gasteiger partial charge in [-0.25, -0.2) is 0 Å². The first-order valence-corrected chi connectivity index (χ1v) is 36.8. The Labute approximate surface area is 598 Å². The van der Waals surface area contributed by atoms with E-state index in [-0.39, 0.29) is 50.5 Å². The highest BCUT2D eigenvalue weighted by Gasteiger charge is 2.46. The predicted molar refractivity (Wildman–Crippen MR) is 433 cm³/mol. The summed E-state index contributed by atoms with van der Waals surface area (Å²) in [6.45, 7) is 49.2. The number of aromatic nitrogens is 1. The lowest BCUT2D eigenvalue weighted by molar-refractivity contribution is 0.589. The molecule has 15 rings (SSSR count). The van der Waals surface area contributed by atoms with Crippen molar-refractivity contribution in [2.75, 3.05) is 9.80 Å². The van der Waals surface area contributed by atoms with E-state index < -0.39 is 0 Å². The van der Waals surface area contributed by atoms with E-state index in [9.17, 15) is 0 Å². The number of hydrogen-bond acceptors (Lipinski definition) is 2. The van der Waals surface area contributed by atoms with E-state index >= 15 is 0 Å². The van der Waals surface area contributed by atoms with Gasteiger partial charge in [0.15, 0.2) is 0 Å². The largest absolute Gasteiger partial charge is 0.311 e. The van der Waals surface area contributed by atoms with Crippen LogP contribution in [0.5, 0.6) is 0 Å². The maximum absolute atomic E-state index is 2.72. The van der Waals surface area contributed by atoms with Crippen LogP contribution in [0.15, 0.2) is 218 Å². The molecule has 2 aliphatic heterocycles. The third-order valence-corrected chi connectivity index (χ3v) is 22.5. The molecule has 0 amide bonds. The summed E-state index contributed by atoms with van der Waals surface area (Å²) in [6.07, 6.45) is 0.924. The van der Waals surface area contributed by atoms with Crippen molar-refractivity contribution in [1.82, 2.24) is 4.57 Å². The van der Waals surface area contributed by atoms with Crippen molar-refractivity contribution in [3.63, 3.8) is 0 Å². The Morgan fingerprint density at radius 3 is 1.13 bits per heavy atom. The lowest BCUT2D eigenvalue weighted by atomic mass is 9.33. The van der Waals surface area contributed by atoms with Crippen molar-refractivity contribution in [2.24, 2.45) is 0 Å². The van der Waals surface area contributed by atoms with Crippen LogP contribution >= 0.6 is 0 Å². The van der Waals surface area contributed by atoms with Gasteiger partial charge >= 0.3 is 0 Å². The fourth-order valence-electron chi connectivity index (χ4n) is 16.4. The van der Waals surface area contributed by atoms with Gasteiger partial charge in [-0.3, -0.25) is 0 Å². The number of fused-ring (bicyclic) bond motifs is 9. The highest BCUT2D eigenvalue weighted by Crippen LogP contribution is 2.53. The van der Waals surface area contributed by atoms with Crippen molar-refractivity contribution in [1.29, 1.82) is 0 Å². The minimum atomic E-state index is -0.253. The van der Waals surface area contributed by atoms with Crippen molar-refractivity contribution < 1.29 is 0 Å². The Morgan fingerprint density at radius 1 is 0.300 bits per heavy atom. The van der Waals surface area contributed by atoms with Crippen LogP contribution in [0, 0.1) is 0 Å². The van der Waals surface area contributed by atoms with Gasteiger partial charge in [0.05, 0.1) is 22.4 Å². The van der Waals surface area contributed by atoms with Gasteiger partial charge in [-0.15, -0.1) is 0 Å². The van der Waals surface area contributed by atoms with Gasteiger partial charge in [-0.2, -0.15) is 0 Å². The molecule has 0 radical (unpaired) electrons. The first-order valence-electron chi connectivity index (χ1n) is 36.8. The van der Waals surface area contributed by atoms with Gasteiger partial charge < -0.3 is 14.4 Å². The fourth-order valence-corrected chi connectivity index (χ4v) is 16.4. The highest BCUT2D eigenvalue weighted by atomic mass is 15.2. The van der Waals surface area contributed by atoms with Gasteiger partial charge in [0.25, 0.3) is 6.71 Å². The van der Waals surface area contributed by atoms with Gasteiger partial charge in [0.2, 0.25) is 0 Å². The summed E-state index contributed by atoms with van der Waals surface area (Å²) in [5.41, 5.74) is 35.0. The number of anilines is 6. The van der Waals surface area contributed by atoms with E-state index in [4.69, 9.17) is 0 Å². The topological polar surface area (TPSA) is 11.4 Å². The van der Waals surface area contributed by atoms with Crippen LogP contribution in [0.4, 0.5) is 34.1 Å². The summed E-state index contributed by atoms with van der Waals surface area (Å²) in [7, 11) is 0. The van der Waals surface area contributed by atoms with Crippen LogP contribution < -0.4 is 26.2 Å². The highest BCUT2D eigenvalue weighted by molar-refractivity contribution is 7.00. The maximum Gasteiger partial charge on any atom is 0.252 e. The summed E-state index contributed by atoms with van der Waals surface area (Å²) >= 11 is 0. The van der Waals surface area contributed by atoms with E-state index in [0.29, 0.717) is 0 Å². The van der Waals surface area contributed by atoms with Crippen molar-refractivity contribution >= 4 is 79.0 Å². The zero-order valence-electron chi connectivity index (χ0n) is 63.5. The summed E-state index contributed by atoms with van der Waals surface area (Å²) in [5.74, 6) is 0.0374. The molecule has 504 valence electrons. The second-order valence-corrected chi connectivity index (χ2v) is 36.8. The molecule has 0 spiro atoms. The average molecular weight is 1310 g/mol. The third-order valence-electron chi connectivity index (χ3n) is 22.5. The van der Waals surface area contributed by atoms with Crippen LogP contribution in [-0.2, 0) is 44.3 Å². The lowest BCUT2D eigenvalue weighted by Crippen LogP contribution is -2.61. The lowest BCUT2D eigenvalue weighted by Gasteiger charge is -2.46. The molecule has 4 heteroatoms. The molecule has 0 bridgehead atoms. The molecule has 1 aliphatic carbocycles. The molecule has 11 aromatic carbocycles. The summed E-state index contributed by atoms with van der Waals surface area (Å²) in [4.78, 5) is 5.43. The van der Waals surface area contributed by atoms with Crippen LogP contribution in [0.25, 0.3) is 49.7 Å². The van der Waals surface area contributed by atoms with Crippen LogP contribution in [0.1, 0.15) is 218 Å². The standard InChI is InChI=1S/C96H102BN3/c1-90(2,3)64-35-30-59(31-36-64)74-52-66(92(7,8)9)39-46-80(74)99-84-45-34-63(88-72-28-24-22-26-61(72)50-62-27-23-25-29-73(62)88)51-79(84)97-78-44-43-71(98-82-48-41-68(94(13,14)15)54-76(82)77-55-69(95(16,17)18)42-49-83(77)98)58-85(78)100(87-57-70(96(19,20)21)56-86(99)89(87)97)81-47-40-67(93(10,11)12)53-75(81)60-32-37-65(38-33-60)91(4,5)6/h22-49,51-58,88H,50H2,1-21H3. The number of hydrogen-bond donors (Lipinski definition) is 0. The Hall–Kier alpha value is -9.12. The molecule has 3 nitrogen and oxygen atoms in total. The molecule has 3 aliphatic rings. The Morgan fingerprint density at radius 2 is 0.690 bits per heavy atom. The Kier molecular flexibility index (Phi) is 15.5. The van der Waals surface area contributed by atoms with Gasteiger partial charge in [0.1, 0.15) is 0 Å². The zero-order valence-corrected chi connectivity index (χ0v) is 63.5. The molecule has 0 N–H and O–H groups in total. The van der Waals surface area contributed by atoms with E-state index in [2.05, 4.69) is 378 Å². The molecule has 100 heavy (non-hydrogen) atoms. The van der Waals surface area contributed by atoms with Gasteiger partial charge in [0, 0.05) is 56.3 Å². The van der Waals surface area contributed by atoms with Crippen LogP contribution in [-0.4, -0.2) is 11.3 Å². The van der Waals surface area contributed by atoms with Gasteiger partial charge in [-0.1, -0.05) is 285 Å². The van der Waals surface area contributed by atoms with E-state index in [1.165, 1.54) is 156 Å². The molecule has 12 aromatic rings. The number of rotatable bonds is 6. The second kappa shape index (κ2) is 23.2. The third kappa shape index (κ3) is 11.4. The van der Waals surface area contributed by atoms with Crippen molar-refractivity contribution in [3.8, 4) is 27.9 Å². The molecule has 0 unspecified atom stereocenters. The first kappa shape index (κ1) is 66.7. The van der Waals surface area contributed by atoms with E-state index in [1.54, 1.807) is 0 Å². The molecule has 0 saturated heterocycles. The monoisotopic (exact) mass is 1310 g/mol. The molecular formula is C96H102BN3. The van der Waals surface area contributed by atoms with Crippen molar-refractivity contribution in [2.45, 2.75) is 196 Å². The Balaban J connectivity index is 1.09. The van der Waals surface area contributed by atoms with Crippen LogP contribution in [0.3, 0.4) is 0 Å². The summed E-state index contributed by atoms with van der Waals surface area (Å²) in [6, 6.07) is 87.3. The first-order chi connectivity index (χ1) is 47.0. The normalized spacial score (nSPS) is 14.3. The zero-order chi connectivity index (χ0) is 70.9. The molecule has 0 fully saturated rings. The summed E-state index contributed by atoms with van der Waals surface area (Å²) in [5, 5.41) is 2.57. The molecule has 1 aromatic heterocycles. The fraction of sp³-hybridized carbons (Fsp3) is 0.312. The molecule has 0 saturated carbocycles.